The molecular formula is C30H30N6O3S. The summed E-state index contributed by atoms with van der Waals surface area (Å²) in [5.74, 6) is 0.830. The smallest absolute Gasteiger partial charge is 0.203 e. The lowest BCUT2D eigenvalue weighted by molar-refractivity contribution is 0.564. The van der Waals surface area contributed by atoms with Crippen molar-refractivity contribution in [3.05, 3.63) is 102 Å². The zero-order chi connectivity index (χ0) is 27.5. The Morgan fingerprint density at radius 1 is 1.12 bits per heavy atom. The van der Waals surface area contributed by atoms with Crippen molar-refractivity contribution in [2.75, 3.05) is 30.0 Å². The minimum atomic E-state index is -2.99. The summed E-state index contributed by atoms with van der Waals surface area (Å²) in [5, 5.41) is 8.79. The van der Waals surface area contributed by atoms with Gasteiger partial charge in [-0.05, 0) is 23.8 Å². The van der Waals surface area contributed by atoms with Gasteiger partial charge in [-0.15, -0.1) is 0 Å². The molecule has 40 heavy (non-hydrogen) atoms. The number of benzene rings is 2. The number of anilines is 1. The second kappa shape index (κ2) is 11.1. The average Bonchev–Trinajstić information content (AvgIpc) is 3.58. The number of rotatable bonds is 9. The molecular weight excluding hydrogens is 524 g/mol. The molecule has 2 aromatic carbocycles. The monoisotopic (exact) mass is 554 g/mol. The molecule has 0 spiro atoms. The molecule has 0 aliphatic carbocycles. The maximum absolute atomic E-state index is 11.3. The van der Waals surface area contributed by atoms with Crippen LogP contribution in [0.3, 0.4) is 0 Å². The van der Waals surface area contributed by atoms with Gasteiger partial charge in [0.25, 0.3) is 0 Å². The van der Waals surface area contributed by atoms with Crippen molar-refractivity contribution in [1.82, 2.24) is 15.1 Å². The molecule has 2 aliphatic heterocycles. The third-order valence-electron chi connectivity index (χ3n) is 6.87. The third-order valence-corrected chi connectivity index (χ3v) is 7.82. The molecule has 1 unspecified atom stereocenters. The standard InChI is InChI=1S/C30H30N6O3S/c1-40(37,38)12-10-31-15-23-13-30(39-21-23)35-11-9-24-16-32-18-28(27(24)20-35)34-26-7-8-29-25(14-26)17-33-36(29)19-22-5-3-2-4-6-22/h2-9,11,13-14,16-17,20-21,24,31H,10,12,15,18-19H2,1H3. The molecule has 0 saturated heterocycles. The van der Waals surface area contributed by atoms with E-state index in [4.69, 9.17) is 9.41 Å². The molecule has 0 saturated carbocycles. The van der Waals surface area contributed by atoms with Gasteiger partial charge in [0.15, 0.2) is 0 Å². The zero-order valence-corrected chi connectivity index (χ0v) is 23.0. The highest BCUT2D eigenvalue weighted by atomic mass is 32.2. The fraction of sp³-hybridized carbons (Fsp3) is 0.233. The fourth-order valence-corrected chi connectivity index (χ4v) is 5.32. The maximum atomic E-state index is 11.3. The summed E-state index contributed by atoms with van der Waals surface area (Å²) in [6.07, 6.45) is 12.9. The Morgan fingerprint density at radius 3 is 2.85 bits per heavy atom. The predicted octanol–water partition coefficient (Wildman–Crippen LogP) is 4.50. The van der Waals surface area contributed by atoms with Gasteiger partial charge in [0.05, 0.1) is 48.2 Å². The van der Waals surface area contributed by atoms with Gasteiger partial charge in [0, 0.05) is 66.5 Å². The third kappa shape index (κ3) is 5.98. The fourth-order valence-electron chi connectivity index (χ4n) is 4.81. The Hall–Kier alpha value is -4.28. The minimum absolute atomic E-state index is 0.0493. The topological polar surface area (TPSA) is 105 Å². The van der Waals surface area contributed by atoms with E-state index in [1.807, 2.05) is 64.7 Å². The molecule has 2 aromatic heterocycles. The molecule has 0 fully saturated rings. The molecule has 10 heteroatoms. The summed E-state index contributed by atoms with van der Waals surface area (Å²) in [5.41, 5.74) is 6.06. The first-order valence-corrected chi connectivity index (χ1v) is 15.2. The molecule has 2 aliphatic rings. The number of fused-ring (bicyclic) bond motifs is 2. The first-order chi connectivity index (χ1) is 19.4. The van der Waals surface area contributed by atoms with Crippen LogP contribution in [0.5, 0.6) is 0 Å². The summed E-state index contributed by atoms with van der Waals surface area (Å²) in [6.45, 7) is 2.14. The van der Waals surface area contributed by atoms with E-state index in [0.717, 1.165) is 40.0 Å². The van der Waals surface area contributed by atoms with Crippen molar-refractivity contribution >= 4 is 44.2 Å². The van der Waals surface area contributed by atoms with Crippen LogP contribution in [0.1, 0.15) is 11.1 Å². The van der Waals surface area contributed by atoms with Crippen LogP contribution in [-0.4, -0.2) is 55.2 Å². The van der Waals surface area contributed by atoms with E-state index in [9.17, 15) is 8.42 Å². The number of hydrogen-bond acceptors (Lipinski definition) is 8. The van der Waals surface area contributed by atoms with Gasteiger partial charge in [-0.3, -0.25) is 19.6 Å². The van der Waals surface area contributed by atoms with Crippen LogP contribution in [0.2, 0.25) is 0 Å². The van der Waals surface area contributed by atoms with Crippen LogP contribution < -0.4 is 10.2 Å². The zero-order valence-electron chi connectivity index (χ0n) is 22.1. The molecule has 1 atom stereocenters. The lowest BCUT2D eigenvalue weighted by Crippen LogP contribution is -2.27. The Balaban J connectivity index is 1.19. The van der Waals surface area contributed by atoms with Gasteiger partial charge in [-0.2, -0.15) is 5.10 Å². The summed E-state index contributed by atoms with van der Waals surface area (Å²) < 4.78 is 30.5. The Kier molecular flexibility index (Phi) is 7.19. The van der Waals surface area contributed by atoms with Crippen molar-refractivity contribution in [1.29, 1.82) is 0 Å². The van der Waals surface area contributed by atoms with Gasteiger partial charge < -0.3 is 9.73 Å². The van der Waals surface area contributed by atoms with E-state index in [1.54, 1.807) is 6.26 Å². The van der Waals surface area contributed by atoms with Crippen molar-refractivity contribution in [2.24, 2.45) is 15.9 Å². The first-order valence-electron chi connectivity index (χ1n) is 13.1. The molecule has 9 nitrogen and oxygen atoms in total. The number of allylic oxidation sites excluding steroid dienone is 1. The number of aromatic nitrogens is 2. The average molecular weight is 555 g/mol. The van der Waals surface area contributed by atoms with E-state index in [2.05, 4.69) is 45.7 Å². The lowest BCUT2D eigenvalue weighted by Gasteiger charge is -2.26. The second-order valence-corrected chi connectivity index (χ2v) is 12.3. The van der Waals surface area contributed by atoms with E-state index in [1.165, 1.54) is 11.8 Å². The SMILES string of the molecule is CS(=O)(=O)CCNCc1coc(N2C=CC3C=NCC(=Nc4ccc5c(cnn5Cc5ccccc5)c4)C3=C2)c1. The van der Waals surface area contributed by atoms with Crippen LogP contribution in [0, 0.1) is 5.92 Å². The molecule has 0 amide bonds. The highest BCUT2D eigenvalue weighted by molar-refractivity contribution is 7.90. The molecule has 204 valence electrons. The molecule has 1 N–H and O–H groups in total. The maximum Gasteiger partial charge on any atom is 0.203 e. The number of nitrogens with zero attached hydrogens (tertiary/aromatic N) is 5. The molecule has 0 bridgehead atoms. The van der Waals surface area contributed by atoms with Gasteiger partial charge >= 0.3 is 0 Å². The molecule has 4 heterocycles. The molecule has 4 aromatic rings. The number of aliphatic imine (C=N–C) groups is 2. The second-order valence-electron chi connectivity index (χ2n) is 10.0. The van der Waals surface area contributed by atoms with Crippen LogP contribution in [-0.2, 0) is 22.9 Å². The van der Waals surface area contributed by atoms with Crippen LogP contribution in [0.15, 0.2) is 106 Å². The van der Waals surface area contributed by atoms with Crippen molar-refractivity contribution < 1.29 is 12.8 Å². The lowest BCUT2D eigenvalue weighted by atomic mass is 9.92. The quantitative estimate of drug-likeness (QED) is 0.306. The predicted molar refractivity (Wildman–Crippen MR) is 159 cm³/mol. The van der Waals surface area contributed by atoms with Crippen LogP contribution >= 0.6 is 0 Å². The van der Waals surface area contributed by atoms with E-state index in [-0.39, 0.29) is 11.7 Å². The van der Waals surface area contributed by atoms with Crippen molar-refractivity contribution in [2.45, 2.75) is 13.1 Å². The Bertz CT molecular complexity index is 1750. The molecule has 6 rings (SSSR count). The van der Waals surface area contributed by atoms with E-state index in [0.29, 0.717) is 25.5 Å². The normalized spacial score (nSPS) is 17.9. The first kappa shape index (κ1) is 26.0. The highest BCUT2D eigenvalue weighted by Crippen LogP contribution is 2.30. The van der Waals surface area contributed by atoms with Crippen molar-refractivity contribution in [3.8, 4) is 0 Å². The summed E-state index contributed by atoms with van der Waals surface area (Å²) >= 11 is 0. The summed E-state index contributed by atoms with van der Waals surface area (Å²) in [4.78, 5) is 11.5. The van der Waals surface area contributed by atoms with Gasteiger partial charge in [0.2, 0.25) is 5.88 Å². The molecule has 0 radical (unpaired) electrons. The van der Waals surface area contributed by atoms with E-state index < -0.39 is 9.84 Å². The number of sulfone groups is 1. The number of nitrogens with one attached hydrogen (secondary N) is 1. The summed E-state index contributed by atoms with van der Waals surface area (Å²) in [6, 6.07) is 18.4. The Labute approximate surface area is 233 Å². The number of hydrogen-bond donors (Lipinski definition) is 1. The summed E-state index contributed by atoms with van der Waals surface area (Å²) in [7, 11) is -2.99. The van der Waals surface area contributed by atoms with E-state index >= 15 is 0 Å². The van der Waals surface area contributed by atoms with Crippen LogP contribution in [0.4, 0.5) is 11.6 Å². The highest BCUT2D eigenvalue weighted by Gasteiger charge is 2.24. The van der Waals surface area contributed by atoms with Gasteiger partial charge in [-0.25, -0.2) is 8.42 Å². The Morgan fingerprint density at radius 2 is 2.00 bits per heavy atom. The van der Waals surface area contributed by atoms with Crippen molar-refractivity contribution in [3.63, 3.8) is 0 Å². The largest absolute Gasteiger partial charge is 0.448 e. The van der Waals surface area contributed by atoms with Crippen LogP contribution in [0.25, 0.3) is 10.9 Å². The van der Waals surface area contributed by atoms with Gasteiger partial charge in [0.1, 0.15) is 9.84 Å². The van der Waals surface area contributed by atoms with Gasteiger partial charge in [-0.1, -0.05) is 36.4 Å². The number of furan rings is 1. The minimum Gasteiger partial charge on any atom is -0.448 e.